The molecule has 1 atom stereocenters. The highest BCUT2D eigenvalue weighted by atomic mass is 79.9. The van der Waals surface area contributed by atoms with Gasteiger partial charge in [0.15, 0.2) is 0 Å². The van der Waals surface area contributed by atoms with Crippen molar-refractivity contribution in [3.05, 3.63) is 38.3 Å². The van der Waals surface area contributed by atoms with Crippen molar-refractivity contribution in [3.8, 4) is 0 Å². The summed E-state index contributed by atoms with van der Waals surface area (Å²) in [5.41, 5.74) is 7.30. The molecule has 0 radical (unpaired) electrons. The Labute approximate surface area is 139 Å². The summed E-state index contributed by atoms with van der Waals surface area (Å²) in [7, 11) is 0. The molecule has 0 aromatic heterocycles. The standard InChI is InChI=1S/C14H20BrN3O2.ClH/c1-14(2)9-17(6-5-13(14)16)8-10-3-4-11(15)12(7-10)18(19)20;/h3-4,7,13H,5-6,8-9,16H2,1-2H3;1H. The molecule has 1 aliphatic heterocycles. The van der Waals surface area contributed by atoms with Crippen molar-refractivity contribution in [1.82, 2.24) is 4.90 Å². The van der Waals surface area contributed by atoms with E-state index in [0.29, 0.717) is 4.47 Å². The highest BCUT2D eigenvalue weighted by Gasteiger charge is 2.33. The van der Waals surface area contributed by atoms with Gasteiger partial charge >= 0.3 is 0 Å². The van der Waals surface area contributed by atoms with E-state index in [2.05, 4.69) is 34.7 Å². The summed E-state index contributed by atoms with van der Waals surface area (Å²) in [6.45, 7) is 6.93. The fourth-order valence-corrected chi connectivity index (χ4v) is 3.07. The molecule has 0 bridgehead atoms. The number of nitro groups is 1. The number of halogens is 2. The second-order valence-corrected chi connectivity index (χ2v) is 6.99. The summed E-state index contributed by atoms with van der Waals surface area (Å²) in [5, 5.41) is 11.0. The quantitative estimate of drug-likeness (QED) is 0.647. The zero-order valence-electron chi connectivity index (χ0n) is 12.2. The number of nitrogens with zero attached hydrogens (tertiary/aromatic N) is 2. The van der Waals surface area contributed by atoms with Crippen LogP contribution in [0.3, 0.4) is 0 Å². The summed E-state index contributed by atoms with van der Waals surface area (Å²) < 4.78 is 0.521. The SMILES string of the molecule is CC1(C)CN(Cc2ccc(Br)c([N+](=O)[O-])c2)CCC1N.Cl. The maximum Gasteiger partial charge on any atom is 0.283 e. The third-order valence-electron chi connectivity index (χ3n) is 4.00. The minimum atomic E-state index is -0.358. The van der Waals surface area contributed by atoms with E-state index in [0.717, 1.165) is 31.6 Å². The molecule has 118 valence electrons. The summed E-state index contributed by atoms with van der Waals surface area (Å²) in [6, 6.07) is 5.54. The molecule has 2 N–H and O–H groups in total. The lowest BCUT2D eigenvalue weighted by atomic mass is 9.79. The average molecular weight is 379 g/mol. The largest absolute Gasteiger partial charge is 0.327 e. The Morgan fingerprint density at radius 2 is 2.19 bits per heavy atom. The van der Waals surface area contributed by atoms with Gasteiger partial charge in [-0.15, -0.1) is 12.4 Å². The van der Waals surface area contributed by atoms with Crippen LogP contribution in [-0.2, 0) is 6.54 Å². The lowest BCUT2D eigenvalue weighted by Crippen LogP contribution is -2.52. The van der Waals surface area contributed by atoms with E-state index < -0.39 is 0 Å². The van der Waals surface area contributed by atoms with Crippen LogP contribution in [0, 0.1) is 15.5 Å². The minimum Gasteiger partial charge on any atom is -0.327 e. The number of piperidine rings is 1. The Kier molecular flexibility index (Phi) is 6.16. The van der Waals surface area contributed by atoms with Gasteiger partial charge in [-0.2, -0.15) is 0 Å². The zero-order valence-corrected chi connectivity index (χ0v) is 14.6. The van der Waals surface area contributed by atoms with Crippen LogP contribution in [0.15, 0.2) is 22.7 Å². The molecule has 1 unspecified atom stereocenters. The summed E-state index contributed by atoms with van der Waals surface area (Å²) in [5.74, 6) is 0. The molecule has 1 fully saturated rings. The first-order chi connectivity index (χ1) is 9.29. The normalized spacial score (nSPS) is 21.6. The topological polar surface area (TPSA) is 72.4 Å². The first kappa shape index (κ1) is 18.4. The van der Waals surface area contributed by atoms with Crippen LogP contribution in [0.5, 0.6) is 0 Å². The molecule has 1 aromatic rings. The van der Waals surface area contributed by atoms with Gasteiger partial charge in [0.1, 0.15) is 0 Å². The Balaban J connectivity index is 0.00000220. The van der Waals surface area contributed by atoms with Crippen molar-refractivity contribution in [2.45, 2.75) is 32.9 Å². The summed E-state index contributed by atoms with van der Waals surface area (Å²) in [4.78, 5) is 12.9. The number of nitrogens with two attached hydrogens (primary N) is 1. The van der Waals surface area contributed by atoms with Crippen LogP contribution in [0.25, 0.3) is 0 Å². The van der Waals surface area contributed by atoms with Crippen LogP contribution >= 0.6 is 28.3 Å². The maximum absolute atomic E-state index is 11.0. The second-order valence-electron chi connectivity index (χ2n) is 6.14. The van der Waals surface area contributed by atoms with E-state index in [4.69, 9.17) is 5.73 Å². The molecule has 0 spiro atoms. The maximum atomic E-state index is 11.0. The predicted octanol–water partition coefficient (Wildman–Crippen LogP) is 3.34. The first-order valence-corrected chi connectivity index (χ1v) is 7.49. The number of hydrogen-bond acceptors (Lipinski definition) is 4. The predicted molar refractivity (Wildman–Crippen MR) is 89.7 cm³/mol. The lowest BCUT2D eigenvalue weighted by molar-refractivity contribution is -0.385. The van der Waals surface area contributed by atoms with E-state index in [1.807, 2.05) is 6.07 Å². The van der Waals surface area contributed by atoms with Crippen LogP contribution in [-0.4, -0.2) is 29.0 Å². The molecule has 21 heavy (non-hydrogen) atoms. The van der Waals surface area contributed by atoms with Crippen LogP contribution in [0.1, 0.15) is 25.8 Å². The molecular formula is C14H21BrClN3O2. The van der Waals surface area contributed by atoms with Gasteiger partial charge in [-0.1, -0.05) is 19.9 Å². The summed E-state index contributed by atoms with van der Waals surface area (Å²) >= 11 is 3.21. The molecule has 1 saturated heterocycles. The van der Waals surface area contributed by atoms with E-state index in [9.17, 15) is 10.1 Å². The van der Waals surface area contributed by atoms with Gasteiger partial charge in [-0.05, 0) is 39.4 Å². The summed E-state index contributed by atoms with van der Waals surface area (Å²) in [6.07, 6.45) is 0.964. The highest BCUT2D eigenvalue weighted by molar-refractivity contribution is 9.10. The number of nitro benzene ring substituents is 1. The van der Waals surface area contributed by atoms with E-state index >= 15 is 0 Å². The Morgan fingerprint density at radius 1 is 1.52 bits per heavy atom. The van der Waals surface area contributed by atoms with Gasteiger partial charge in [0.25, 0.3) is 5.69 Å². The molecule has 1 aromatic carbocycles. The smallest absolute Gasteiger partial charge is 0.283 e. The van der Waals surface area contributed by atoms with Gasteiger partial charge in [-0.3, -0.25) is 15.0 Å². The molecule has 1 heterocycles. The van der Waals surface area contributed by atoms with Gasteiger partial charge in [0, 0.05) is 31.7 Å². The van der Waals surface area contributed by atoms with Crippen molar-refractivity contribution < 1.29 is 4.92 Å². The number of rotatable bonds is 3. The number of likely N-dealkylation sites (tertiary alicyclic amines) is 1. The minimum absolute atomic E-state index is 0. The second kappa shape index (κ2) is 7.05. The molecule has 0 saturated carbocycles. The molecule has 0 aliphatic carbocycles. The number of hydrogen-bond donors (Lipinski definition) is 1. The molecule has 0 amide bonds. The highest BCUT2D eigenvalue weighted by Crippen LogP contribution is 2.30. The molecule has 7 heteroatoms. The van der Waals surface area contributed by atoms with Gasteiger partial charge in [-0.25, -0.2) is 0 Å². The Bertz CT molecular complexity index is 525. The third-order valence-corrected chi connectivity index (χ3v) is 4.68. The molecule has 2 rings (SSSR count). The fraction of sp³-hybridized carbons (Fsp3) is 0.571. The fourth-order valence-electron chi connectivity index (χ4n) is 2.67. The average Bonchev–Trinajstić information content (AvgIpc) is 2.35. The van der Waals surface area contributed by atoms with Crippen molar-refractivity contribution in [2.24, 2.45) is 11.1 Å². The van der Waals surface area contributed by atoms with Crippen molar-refractivity contribution in [3.63, 3.8) is 0 Å². The van der Waals surface area contributed by atoms with Crippen molar-refractivity contribution >= 4 is 34.0 Å². The molecule has 5 nitrogen and oxygen atoms in total. The number of benzene rings is 1. The Hall–Kier alpha value is -0.690. The van der Waals surface area contributed by atoms with Gasteiger partial charge in [0.2, 0.25) is 0 Å². The van der Waals surface area contributed by atoms with E-state index in [1.54, 1.807) is 12.1 Å². The van der Waals surface area contributed by atoms with Crippen LogP contribution < -0.4 is 5.73 Å². The molecule has 1 aliphatic rings. The Morgan fingerprint density at radius 3 is 2.76 bits per heavy atom. The van der Waals surface area contributed by atoms with Crippen LogP contribution in [0.2, 0.25) is 0 Å². The lowest BCUT2D eigenvalue weighted by Gasteiger charge is -2.42. The third kappa shape index (κ3) is 4.39. The van der Waals surface area contributed by atoms with E-state index in [1.165, 1.54) is 0 Å². The van der Waals surface area contributed by atoms with Crippen molar-refractivity contribution in [2.75, 3.05) is 13.1 Å². The molecular weight excluding hydrogens is 358 g/mol. The van der Waals surface area contributed by atoms with Crippen LogP contribution in [0.4, 0.5) is 5.69 Å². The van der Waals surface area contributed by atoms with Gasteiger partial charge in [0.05, 0.1) is 9.40 Å². The zero-order chi connectivity index (χ0) is 14.9. The van der Waals surface area contributed by atoms with E-state index in [-0.39, 0.29) is 34.5 Å². The van der Waals surface area contributed by atoms with Crippen molar-refractivity contribution in [1.29, 1.82) is 0 Å². The van der Waals surface area contributed by atoms with Gasteiger partial charge < -0.3 is 5.73 Å². The first-order valence-electron chi connectivity index (χ1n) is 6.70. The monoisotopic (exact) mass is 377 g/mol.